The molecular weight excluding hydrogens is 352 g/mol. The van der Waals surface area contributed by atoms with Crippen molar-refractivity contribution in [3.05, 3.63) is 39.9 Å². The molecule has 1 aliphatic rings. The van der Waals surface area contributed by atoms with Crippen LogP contribution >= 0.6 is 0 Å². The average Bonchev–Trinajstić information content (AvgIpc) is 3.50. The number of methoxy groups -OCH3 is 2. The fraction of sp³-hybridized carbons (Fsp3) is 0.389. The van der Waals surface area contributed by atoms with Crippen molar-refractivity contribution >= 4 is 5.91 Å². The summed E-state index contributed by atoms with van der Waals surface area (Å²) < 4.78 is 12.1. The summed E-state index contributed by atoms with van der Waals surface area (Å²) in [5.41, 5.74) is 0.833. The first kappa shape index (κ1) is 18.7. The molecule has 1 aromatic heterocycles. The zero-order chi connectivity index (χ0) is 19.6. The molecule has 9 nitrogen and oxygen atoms in total. The number of carbonyl (C=O) groups excluding carboxylic acids is 1. The maximum absolute atomic E-state index is 12.4. The van der Waals surface area contributed by atoms with E-state index in [1.807, 2.05) is 5.43 Å². The van der Waals surface area contributed by atoms with Crippen molar-refractivity contribution in [2.75, 3.05) is 14.2 Å². The summed E-state index contributed by atoms with van der Waals surface area (Å²) in [6, 6.07) is 5.09. The summed E-state index contributed by atoms with van der Waals surface area (Å²) in [6.45, 7) is 0. The van der Waals surface area contributed by atoms with Gasteiger partial charge in [0.2, 0.25) is 5.88 Å². The number of amides is 1. The molecule has 4 N–H and O–H groups in total. The Kier molecular flexibility index (Phi) is 5.31. The summed E-state index contributed by atoms with van der Waals surface area (Å²) in [5.74, 6) is 5.35. The van der Waals surface area contributed by atoms with E-state index < -0.39 is 22.9 Å². The van der Waals surface area contributed by atoms with Gasteiger partial charge in [0, 0.05) is 6.42 Å². The molecule has 9 heteroatoms. The molecule has 2 aromatic rings. The number of carbonyl (C=O) groups is 1. The molecule has 0 aliphatic heterocycles. The van der Waals surface area contributed by atoms with Crippen LogP contribution in [0.25, 0.3) is 5.69 Å². The molecule has 1 saturated carbocycles. The number of nitrogens with zero attached hydrogens (tertiary/aromatic N) is 2. The van der Waals surface area contributed by atoms with Gasteiger partial charge in [-0.05, 0) is 24.5 Å². The highest BCUT2D eigenvalue weighted by Gasteiger charge is 2.28. The lowest BCUT2D eigenvalue weighted by molar-refractivity contribution is 0.0948. The lowest BCUT2D eigenvalue weighted by Gasteiger charge is -2.20. The van der Waals surface area contributed by atoms with Crippen molar-refractivity contribution in [1.82, 2.24) is 15.0 Å². The number of nitrogen functional groups attached to an aromatic ring is 1. The van der Waals surface area contributed by atoms with Crippen molar-refractivity contribution in [1.29, 1.82) is 0 Å². The lowest BCUT2D eigenvalue weighted by Crippen LogP contribution is -2.36. The van der Waals surface area contributed by atoms with Gasteiger partial charge in [-0.2, -0.15) is 4.98 Å². The summed E-state index contributed by atoms with van der Waals surface area (Å²) in [4.78, 5) is 28.4. The first-order valence-corrected chi connectivity index (χ1v) is 8.59. The van der Waals surface area contributed by atoms with Crippen LogP contribution in [0.15, 0.2) is 23.0 Å². The van der Waals surface area contributed by atoms with Crippen molar-refractivity contribution in [2.24, 2.45) is 11.8 Å². The monoisotopic (exact) mass is 374 g/mol. The van der Waals surface area contributed by atoms with E-state index in [-0.39, 0.29) is 0 Å². The van der Waals surface area contributed by atoms with Gasteiger partial charge in [-0.1, -0.05) is 18.9 Å². The molecule has 27 heavy (non-hydrogen) atoms. The lowest BCUT2D eigenvalue weighted by atomic mass is 10.1. The Bertz CT molecular complexity index is 898. The number of ether oxygens (including phenoxy) is 2. The number of benzene rings is 1. The van der Waals surface area contributed by atoms with Crippen LogP contribution in [0.2, 0.25) is 0 Å². The quantitative estimate of drug-likeness (QED) is 0.373. The van der Waals surface area contributed by atoms with Crippen LogP contribution in [0.4, 0.5) is 0 Å². The number of aromatic hydroxyl groups is 1. The molecule has 1 aliphatic carbocycles. The largest absolute Gasteiger partial charge is 0.494 e. The van der Waals surface area contributed by atoms with Gasteiger partial charge in [-0.25, -0.2) is 5.84 Å². The molecule has 0 spiro atoms. The highest BCUT2D eigenvalue weighted by atomic mass is 16.5. The Hall–Kier alpha value is -3.07. The number of aromatic nitrogens is 2. The van der Waals surface area contributed by atoms with Gasteiger partial charge in [0.1, 0.15) is 23.0 Å². The molecule has 1 fully saturated rings. The number of nitrogens with two attached hydrogens (primary N) is 1. The maximum atomic E-state index is 12.4. The van der Waals surface area contributed by atoms with Gasteiger partial charge in [0.25, 0.3) is 11.5 Å². The first-order valence-electron chi connectivity index (χ1n) is 8.59. The van der Waals surface area contributed by atoms with Crippen LogP contribution in [-0.2, 0) is 6.42 Å². The van der Waals surface area contributed by atoms with Crippen LogP contribution in [0.1, 0.15) is 35.4 Å². The predicted molar refractivity (Wildman–Crippen MR) is 97.3 cm³/mol. The normalized spacial score (nSPS) is 13.3. The van der Waals surface area contributed by atoms with Crippen molar-refractivity contribution in [2.45, 2.75) is 25.7 Å². The van der Waals surface area contributed by atoms with E-state index in [0.29, 0.717) is 35.3 Å². The molecule has 0 saturated heterocycles. The average molecular weight is 374 g/mol. The summed E-state index contributed by atoms with van der Waals surface area (Å²) in [7, 11) is 2.95. The van der Waals surface area contributed by atoms with Crippen molar-refractivity contribution in [3.63, 3.8) is 0 Å². The van der Waals surface area contributed by atoms with Gasteiger partial charge >= 0.3 is 0 Å². The molecule has 1 aromatic carbocycles. The maximum Gasteiger partial charge on any atom is 0.289 e. The Morgan fingerprint density at radius 1 is 1.33 bits per heavy atom. The molecule has 1 heterocycles. The van der Waals surface area contributed by atoms with E-state index in [9.17, 15) is 14.7 Å². The second-order valence-corrected chi connectivity index (χ2v) is 6.33. The number of nitrogens with one attached hydrogen (secondary N) is 1. The highest BCUT2D eigenvalue weighted by Crippen LogP contribution is 2.38. The number of aryl methyl sites for hydroxylation is 1. The fourth-order valence-electron chi connectivity index (χ4n) is 3.02. The Morgan fingerprint density at radius 2 is 1.96 bits per heavy atom. The molecule has 1 amide bonds. The van der Waals surface area contributed by atoms with E-state index in [4.69, 9.17) is 15.3 Å². The van der Waals surface area contributed by atoms with E-state index in [2.05, 4.69) is 4.98 Å². The predicted octanol–water partition coefficient (Wildman–Crippen LogP) is 0.901. The molecule has 0 unspecified atom stereocenters. The van der Waals surface area contributed by atoms with Gasteiger partial charge in [0.05, 0.1) is 14.2 Å². The summed E-state index contributed by atoms with van der Waals surface area (Å²) in [5, 5.41) is 10.8. The number of para-hydroxylation sites is 1. The minimum absolute atomic E-state index is 0.320. The summed E-state index contributed by atoms with van der Waals surface area (Å²) >= 11 is 0. The van der Waals surface area contributed by atoms with E-state index in [1.54, 1.807) is 18.2 Å². The van der Waals surface area contributed by atoms with E-state index >= 15 is 0 Å². The second kappa shape index (κ2) is 7.67. The fourth-order valence-corrected chi connectivity index (χ4v) is 3.02. The molecule has 144 valence electrons. The number of hydrogen-bond acceptors (Lipinski definition) is 7. The van der Waals surface area contributed by atoms with Crippen LogP contribution in [0.3, 0.4) is 0 Å². The van der Waals surface area contributed by atoms with E-state index in [1.165, 1.54) is 18.8 Å². The molecular formula is C18H22N4O5. The first-order chi connectivity index (χ1) is 13.0. The molecule has 0 radical (unpaired) electrons. The minimum Gasteiger partial charge on any atom is -0.494 e. The van der Waals surface area contributed by atoms with Crippen LogP contribution in [0.5, 0.6) is 17.4 Å². The third-order valence-corrected chi connectivity index (χ3v) is 4.59. The zero-order valence-electron chi connectivity index (χ0n) is 15.2. The van der Waals surface area contributed by atoms with Gasteiger partial charge < -0.3 is 14.6 Å². The van der Waals surface area contributed by atoms with Gasteiger partial charge in [-0.3, -0.25) is 19.6 Å². The van der Waals surface area contributed by atoms with Crippen LogP contribution in [-0.4, -0.2) is 34.8 Å². The number of rotatable bonds is 7. The summed E-state index contributed by atoms with van der Waals surface area (Å²) in [6.07, 6.45) is 3.56. The molecule has 0 atom stereocenters. The topological polar surface area (TPSA) is 129 Å². The second-order valence-electron chi connectivity index (χ2n) is 6.33. The smallest absolute Gasteiger partial charge is 0.289 e. The Labute approximate surface area is 155 Å². The number of hydrazine groups is 1. The van der Waals surface area contributed by atoms with Crippen LogP contribution < -0.4 is 26.3 Å². The zero-order valence-corrected chi connectivity index (χ0v) is 15.2. The SMILES string of the molecule is COc1cccc(OC)c1-n1c(CCC2CC2)nc(=O)c(C(=O)NN)c1O. The Morgan fingerprint density at radius 3 is 2.48 bits per heavy atom. The molecule has 0 bridgehead atoms. The number of hydrogen-bond donors (Lipinski definition) is 3. The Balaban J connectivity index is 2.28. The van der Waals surface area contributed by atoms with Crippen molar-refractivity contribution in [3.8, 4) is 23.1 Å². The minimum atomic E-state index is -0.929. The van der Waals surface area contributed by atoms with Crippen LogP contribution in [0, 0.1) is 5.92 Å². The van der Waals surface area contributed by atoms with Crippen molar-refractivity contribution < 1.29 is 19.4 Å². The third-order valence-electron chi connectivity index (χ3n) is 4.59. The highest BCUT2D eigenvalue weighted by molar-refractivity contribution is 5.95. The van der Waals surface area contributed by atoms with Gasteiger partial charge in [-0.15, -0.1) is 0 Å². The third kappa shape index (κ3) is 3.59. The standard InChI is InChI=1S/C18H22N4O5/c1-26-11-4-3-5-12(27-2)15(11)22-13(9-8-10-6-7-10)20-16(23)14(18(22)25)17(24)21-19/h3-5,10,25H,6-9,19H2,1-2H3,(H,21,24). The molecule has 3 rings (SSSR count). The van der Waals surface area contributed by atoms with E-state index in [0.717, 1.165) is 19.3 Å². The van der Waals surface area contributed by atoms with Gasteiger partial charge in [0.15, 0.2) is 5.56 Å².